The first kappa shape index (κ1) is 12.8. The smallest absolute Gasteiger partial charge is 0.265 e. The molecule has 0 saturated heterocycles. The van der Waals surface area contributed by atoms with Crippen LogP contribution in [-0.4, -0.2) is 11.8 Å². The van der Waals surface area contributed by atoms with E-state index in [1.165, 1.54) is 11.3 Å². The van der Waals surface area contributed by atoms with Crippen molar-refractivity contribution in [1.29, 1.82) is 0 Å². The summed E-state index contributed by atoms with van der Waals surface area (Å²) < 4.78 is 0.555. The van der Waals surface area contributed by atoms with E-state index in [1.807, 2.05) is 5.38 Å². The number of carbonyl (C=O) groups is 2. The van der Waals surface area contributed by atoms with Crippen molar-refractivity contribution in [2.75, 3.05) is 5.32 Å². The Balaban J connectivity index is 2.32. The second kappa shape index (κ2) is 5.32. The maximum Gasteiger partial charge on any atom is 0.265 e. The highest BCUT2D eigenvalue weighted by Gasteiger charge is 2.15. The summed E-state index contributed by atoms with van der Waals surface area (Å²) in [5.41, 5.74) is 5.96. The van der Waals surface area contributed by atoms with Crippen molar-refractivity contribution in [3.8, 4) is 0 Å². The summed E-state index contributed by atoms with van der Waals surface area (Å²) in [6, 6.07) is 8.55. The molecular weight excluding hydrogens is 316 g/mol. The summed E-state index contributed by atoms with van der Waals surface area (Å²) >= 11 is 4.57. The van der Waals surface area contributed by atoms with Crippen molar-refractivity contribution in [3.63, 3.8) is 0 Å². The Labute approximate surface area is 116 Å². The van der Waals surface area contributed by atoms with Crippen LogP contribution in [0.4, 0.5) is 5.69 Å². The van der Waals surface area contributed by atoms with Crippen LogP contribution in [0.25, 0.3) is 0 Å². The van der Waals surface area contributed by atoms with E-state index in [0.717, 1.165) is 0 Å². The third kappa shape index (κ3) is 2.60. The molecule has 1 aromatic carbocycles. The van der Waals surface area contributed by atoms with E-state index in [0.29, 0.717) is 15.0 Å². The number of rotatable bonds is 3. The molecule has 0 aliphatic heterocycles. The average Bonchev–Trinajstić information content (AvgIpc) is 2.81. The van der Waals surface area contributed by atoms with Crippen molar-refractivity contribution in [2.45, 2.75) is 0 Å². The largest absolute Gasteiger partial charge is 0.365 e. The second-order valence-corrected chi connectivity index (χ2v) is 5.26. The fraction of sp³-hybridized carbons (Fsp3) is 0. The van der Waals surface area contributed by atoms with Gasteiger partial charge in [-0.15, -0.1) is 11.3 Å². The highest BCUT2D eigenvalue weighted by atomic mass is 79.9. The number of hydrogen-bond acceptors (Lipinski definition) is 3. The normalized spacial score (nSPS) is 10.1. The maximum atomic E-state index is 11.9. The van der Waals surface area contributed by atoms with Gasteiger partial charge >= 0.3 is 0 Å². The van der Waals surface area contributed by atoms with Gasteiger partial charge in [-0.25, -0.2) is 0 Å². The molecule has 0 spiro atoms. The van der Waals surface area contributed by atoms with E-state index in [2.05, 4.69) is 21.2 Å². The van der Waals surface area contributed by atoms with Crippen molar-refractivity contribution in [2.24, 2.45) is 5.73 Å². The number of halogens is 1. The zero-order valence-electron chi connectivity index (χ0n) is 9.14. The van der Waals surface area contributed by atoms with Gasteiger partial charge in [0.15, 0.2) is 0 Å². The number of nitrogens with two attached hydrogens (primary N) is 1. The summed E-state index contributed by atoms with van der Waals surface area (Å²) in [5, 5.41) is 4.49. The van der Waals surface area contributed by atoms with Crippen LogP contribution in [0.1, 0.15) is 20.0 Å². The molecule has 92 valence electrons. The van der Waals surface area contributed by atoms with Crippen molar-refractivity contribution in [3.05, 3.63) is 50.6 Å². The fourth-order valence-corrected chi connectivity index (χ4v) is 2.65. The van der Waals surface area contributed by atoms with Gasteiger partial charge in [-0.2, -0.15) is 0 Å². The lowest BCUT2D eigenvalue weighted by Gasteiger charge is -2.09. The summed E-state index contributed by atoms with van der Waals surface area (Å²) in [6.45, 7) is 0. The van der Waals surface area contributed by atoms with Crippen LogP contribution in [0.15, 0.2) is 40.2 Å². The first-order chi connectivity index (χ1) is 8.59. The zero-order chi connectivity index (χ0) is 13.1. The number of nitrogens with one attached hydrogen (secondary N) is 1. The second-order valence-electron chi connectivity index (χ2n) is 3.46. The third-order valence-electron chi connectivity index (χ3n) is 2.25. The highest BCUT2D eigenvalue weighted by molar-refractivity contribution is 9.10. The minimum absolute atomic E-state index is 0.259. The van der Waals surface area contributed by atoms with Crippen LogP contribution < -0.4 is 11.1 Å². The minimum atomic E-state index is -0.594. The predicted molar refractivity (Wildman–Crippen MR) is 74.9 cm³/mol. The molecular formula is C12H9BrN2O2S. The number of amides is 2. The molecule has 2 amide bonds. The topological polar surface area (TPSA) is 72.2 Å². The van der Waals surface area contributed by atoms with Crippen molar-refractivity contribution in [1.82, 2.24) is 0 Å². The van der Waals surface area contributed by atoms with Crippen LogP contribution >= 0.6 is 27.3 Å². The van der Waals surface area contributed by atoms with Crippen molar-refractivity contribution < 1.29 is 9.59 Å². The molecule has 0 aliphatic carbocycles. The van der Waals surface area contributed by atoms with Gasteiger partial charge in [-0.3, -0.25) is 9.59 Å². The highest BCUT2D eigenvalue weighted by Crippen LogP contribution is 2.25. The Morgan fingerprint density at radius 2 is 2.00 bits per heavy atom. The molecule has 6 heteroatoms. The summed E-state index contributed by atoms with van der Waals surface area (Å²) in [6.07, 6.45) is 0. The van der Waals surface area contributed by atoms with E-state index >= 15 is 0 Å². The van der Waals surface area contributed by atoms with Gasteiger partial charge in [0.1, 0.15) is 0 Å². The van der Waals surface area contributed by atoms with Crippen molar-refractivity contribution >= 4 is 44.8 Å². The monoisotopic (exact) mass is 324 g/mol. The van der Waals surface area contributed by atoms with Gasteiger partial charge < -0.3 is 11.1 Å². The van der Waals surface area contributed by atoms with Gasteiger partial charge in [0.05, 0.1) is 16.1 Å². The maximum absolute atomic E-state index is 11.9. The summed E-state index contributed by atoms with van der Waals surface area (Å²) in [5.74, 6) is -0.852. The third-order valence-corrected chi connectivity index (χ3v) is 3.78. The van der Waals surface area contributed by atoms with Gasteiger partial charge in [-0.1, -0.05) is 12.1 Å². The molecule has 0 fully saturated rings. The Bertz CT molecular complexity index is 596. The number of thiophene rings is 1. The Kier molecular flexibility index (Phi) is 3.78. The van der Waals surface area contributed by atoms with Gasteiger partial charge in [-0.05, 0) is 39.5 Å². The van der Waals surface area contributed by atoms with Crippen LogP contribution in [0.3, 0.4) is 0 Å². The molecule has 0 saturated carbocycles. The molecule has 0 atom stereocenters. The standard InChI is InChI=1S/C12H9BrN2O2S/c13-7-3-1-4-8(10(7)11(14)16)15-12(17)9-5-2-6-18-9/h1-6H,(H2,14,16)(H,15,17). The molecule has 2 aromatic rings. The molecule has 3 N–H and O–H groups in total. The van der Waals surface area contributed by atoms with Crippen LogP contribution in [0.5, 0.6) is 0 Å². The molecule has 0 radical (unpaired) electrons. The van der Waals surface area contributed by atoms with E-state index < -0.39 is 5.91 Å². The lowest BCUT2D eigenvalue weighted by molar-refractivity contribution is 0.100. The van der Waals surface area contributed by atoms with Crippen LogP contribution in [0.2, 0.25) is 0 Å². The molecule has 1 heterocycles. The quantitative estimate of drug-likeness (QED) is 0.911. The first-order valence-corrected chi connectivity index (χ1v) is 6.70. The summed E-state index contributed by atoms with van der Waals surface area (Å²) in [7, 11) is 0. The number of hydrogen-bond donors (Lipinski definition) is 2. The van der Waals surface area contributed by atoms with Crippen LogP contribution in [0, 0.1) is 0 Å². The molecule has 0 unspecified atom stereocenters. The number of anilines is 1. The van der Waals surface area contributed by atoms with Crippen LogP contribution in [-0.2, 0) is 0 Å². The molecule has 2 rings (SSSR count). The zero-order valence-corrected chi connectivity index (χ0v) is 11.5. The van der Waals surface area contributed by atoms with E-state index in [4.69, 9.17) is 5.73 Å². The van der Waals surface area contributed by atoms with Gasteiger partial charge in [0, 0.05) is 4.47 Å². The number of primary amides is 1. The lowest BCUT2D eigenvalue weighted by Crippen LogP contribution is -2.18. The molecule has 4 nitrogen and oxygen atoms in total. The number of carbonyl (C=O) groups excluding carboxylic acids is 2. The first-order valence-electron chi connectivity index (χ1n) is 5.03. The minimum Gasteiger partial charge on any atom is -0.365 e. The Morgan fingerprint density at radius 1 is 1.22 bits per heavy atom. The van der Waals surface area contributed by atoms with E-state index in [-0.39, 0.29) is 11.5 Å². The lowest BCUT2D eigenvalue weighted by atomic mass is 10.1. The average molecular weight is 325 g/mol. The molecule has 0 aliphatic rings. The number of benzene rings is 1. The predicted octanol–water partition coefficient (Wildman–Crippen LogP) is 2.86. The van der Waals surface area contributed by atoms with Gasteiger partial charge in [0.25, 0.3) is 11.8 Å². The van der Waals surface area contributed by atoms with E-state index in [1.54, 1.807) is 30.3 Å². The molecule has 0 bridgehead atoms. The summed E-state index contributed by atoms with van der Waals surface area (Å²) in [4.78, 5) is 23.8. The van der Waals surface area contributed by atoms with Gasteiger partial charge in [0.2, 0.25) is 0 Å². The Hall–Kier alpha value is -1.66. The molecule has 18 heavy (non-hydrogen) atoms. The van der Waals surface area contributed by atoms with E-state index in [9.17, 15) is 9.59 Å². The fourth-order valence-electron chi connectivity index (χ4n) is 1.47. The Morgan fingerprint density at radius 3 is 2.61 bits per heavy atom. The molecule has 1 aromatic heterocycles. The SMILES string of the molecule is NC(=O)c1c(Br)cccc1NC(=O)c1cccs1.